The van der Waals surface area contributed by atoms with E-state index in [1.54, 1.807) is 10.9 Å². The highest BCUT2D eigenvalue weighted by Crippen LogP contribution is 2.11. The van der Waals surface area contributed by atoms with E-state index in [1.807, 2.05) is 14.0 Å². The average molecular weight is 250 g/mol. The Morgan fingerprint density at radius 2 is 2.44 bits per heavy atom. The molecule has 1 atom stereocenters. The number of hydrogen-bond donors (Lipinski definition) is 2. The molecule has 1 saturated heterocycles. The van der Waals surface area contributed by atoms with Crippen LogP contribution in [0.3, 0.4) is 0 Å². The molecule has 1 aliphatic heterocycles. The van der Waals surface area contributed by atoms with Gasteiger partial charge < -0.3 is 10.6 Å². The third-order valence-electron chi connectivity index (χ3n) is 3.43. The Labute approximate surface area is 106 Å². The van der Waals surface area contributed by atoms with Crippen LogP contribution in [0, 0.1) is 12.8 Å². The summed E-state index contributed by atoms with van der Waals surface area (Å²) in [6.07, 6.45) is 2.83. The van der Waals surface area contributed by atoms with Crippen molar-refractivity contribution in [3.63, 3.8) is 0 Å². The predicted molar refractivity (Wildman–Crippen MR) is 65.5 cm³/mol. The van der Waals surface area contributed by atoms with Crippen molar-refractivity contribution in [2.75, 3.05) is 6.54 Å². The number of rotatable bonds is 3. The monoisotopic (exact) mass is 250 g/mol. The molecule has 0 saturated carbocycles. The van der Waals surface area contributed by atoms with E-state index in [-0.39, 0.29) is 17.7 Å². The number of nitrogens with one attached hydrogen (secondary N) is 2. The minimum absolute atomic E-state index is 0.00162. The van der Waals surface area contributed by atoms with Crippen LogP contribution in [0.15, 0.2) is 6.20 Å². The quantitative estimate of drug-likeness (QED) is 0.784. The first-order chi connectivity index (χ1) is 8.58. The van der Waals surface area contributed by atoms with Crippen molar-refractivity contribution in [1.82, 2.24) is 20.4 Å². The molecule has 6 nitrogen and oxygen atoms in total. The molecule has 0 radical (unpaired) electrons. The van der Waals surface area contributed by atoms with Gasteiger partial charge in [-0.1, -0.05) is 0 Å². The van der Waals surface area contributed by atoms with Gasteiger partial charge in [0.15, 0.2) is 0 Å². The number of piperidine rings is 1. The van der Waals surface area contributed by atoms with Crippen molar-refractivity contribution in [2.45, 2.75) is 26.3 Å². The second-order valence-corrected chi connectivity index (χ2v) is 4.64. The molecule has 6 heteroatoms. The van der Waals surface area contributed by atoms with Crippen molar-refractivity contribution < 1.29 is 9.59 Å². The number of carbonyl (C=O) groups excluding carboxylic acids is 2. The normalized spacial score (nSPS) is 19.4. The summed E-state index contributed by atoms with van der Waals surface area (Å²) >= 11 is 0. The Bertz CT molecular complexity index is 457. The van der Waals surface area contributed by atoms with E-state index in [0.717, 1.165) is 11.3 Å². The number of aryl methyl sites for hydroxylation is 1. The van der Waals surface area contributed by atoms with E-state index in [0.29, 0.717) is 25.9 Å². The van der Waals surface area contributed by atoms with E-state index in [2.05, 4.69) is 15.7 Å². The molecule has 1 aromatic heterocycles. The molecular formula is C12H18N4O2. The molecule has 1 fully saturated rings. The second-order valence-electron chi connectivity index (χ2n) is 4.64. The lowest BCUT2D eigenvalue weighted by Crippen LogP contribution is -2.42. The maximum atomic E-state index is 11.9. The molecule has 0 aromatic carbocycles. The van der Waals surface area contributed by atoms with Gasteiger partial charge in [0.2, 0.25) is 11.8 Å². The van der Waals surface area contributed by atoms with Gasteiger partial charge in [0, 0.05) is 37.8 Å². The zero-order chi connectivity index (χ0) is 13.1. The number of aromatic nitrogens is 2. The summed E-state index contributed by atoms with van der Waals surface area (Å²) in [6.45, 7) is 2.90. The van der Waals surface area contributed by atoms with Crippen LogP contribution < -0.4 is 10.6 Å². The molecule has 1 unspecified atom stereocenters. The largest absolute Gasteiger partial charge is 0.355 e. The first kappa shape index (κ1) is 12.6. The Kier molecular flexibility index (Phi) is 3.64. The Balaban J connectivity index is 1.85. The van der Waals surface area contributed by atoms with Crippen LogP contribution in [0.5, 0.6) is 0 Å². The molecule has 2 heterocycles. The first-order valence-corrected chi connectivity index (χ1v) is 6.10. The second kappa shape index (κ2) is 5.20. The van der Waals surface area contributed by atoms with Gasteiger partial charge in [-0.05, 0) is 13.3 Å². The van der Waals surface area contributed by atoms with E-state index in [9.17, 15) is 9.59 Å². The predicted octanol–water partition coefficient (Wildman–Crippen LogP) is -0.129. The van der Waals surface area contributed by atoms with Gasteiger partial charge in [-0.15, -0.1) is 0 Å². The molecular weight excluding hydrogens is 232 g/mol. The highest BCUT2D eigenvalue weighted by molar-refractivity contribution is 5.83. The van der Waals surface area contributed by atoms with Crippen LogP contribution in [0.4, 0.5) is 0 Å². The highest BCUT2D eigenvalue weighted by atomic mass is 16.2. The molecule has 98 valence electrons. The van der Waals surface area contributed by atoms with Crippen LogP contribution >= 0.6 is 0 Å². The third-order valence-corrected chi connectivity index (χ3v) is 3.43. The summed E-state index contributed by atoms with van der Waals surface area (Å²) < 4.78 is 1.78. The Hall–Kier alpha value is -1.85. The topological polar surface area (TPSA) is 76.0 Å². The summed E-state index contributed by atoms with van der Waals surface area (Å²) in [5, 5.41) is 9.73. The maximum Gasteiger partial charge on any atom is 0.225 e. The highest BCUT2D eigenvalue weighted by Gasteiger charge is 2.24. The fraction of sp³-hybridized carbons (Fsp3) is 0.583. The van der Waals surface area contributed by atoms with Gasteiger partial charge in [-0.25, -0.2) is 0 Å². The van der Waals surface area contributed by atoms with Crippen molar-refractivity contribution in [1.29, 1.82) is 0 Å². The number of amides is 2. The molecule has 0 spiro atoms. The van der Waals surface area contributed by atoms with E-state index in [4.69, 9.17) is 0 Å². The molecule has 1 aromatic rings. The molecule has 0 bridgehead atoms. The van der Waals surface area contributed by atoms with Crippen LogP contribution in [0.2, 0.25) is 0 Å². The molecule has 2 rings (SSSR count). The van der Waals surface area contributed by atoms with Crippen LogP contribution in [-0.4, -0.2) is 28.1 Å². The summed E-state index contributed by atoms with van der Waals surface area (Å²) in [4.78, 5) is 22.9. The van der Waals surface area contributed by atoms with Crippen molar-refractivity contribution in [3.8, 4) is 0 Å². The lowest BCUT2D eigenvalue weighted by Gasteiger charge is -2.21. The molecule has 18 heavy (non-hydrogen) atoms. The standard InChI is InChI=1S/C12H18N4O2/c1-8-10(7-15-16(8)2)6-14-12(18)9-3-4-11(17)13-5-9/h7,9H,3-6H2,1-2H3,(H,13,17)(H,14,18). The summed E-state index contributed by atoms with van der Waals surface area (Å²) in [5.41, 5.74) is 2.07. The molecule has 2 amide bonds. The molecule has 2 N–H and O–H groups in total. The fourth-order valence-electron chi connectivity index (χ4n) is 2.00. The Morgan fingerprint density at radius 1 is 1.67 bits per heavy atom. The number of carbonyl (C=O) groups is 2. The van der Waals surface area contributed by atoms with Gasteiger partial charge in [-0.2, -0.15) is 5.10 Å². The van der Waals surface area contributed by atoms with E-state index < -0.39 is 0 Å². The molecule has 1 aliphatic rings. The average Bonchev–Trinajstić information content (AvgIpc) is 2.68. The summed E-state index contributed by atoms with van der Waals surface area (Å²) in [6, 6.07) is 0. The van der Waals surface area contributed by atoms with Crippen LogP contribution in [0.1, 0.15) is 24.1 Å². The SMILES string of the molecule is Cc1c(CNC(=O)C2CCC(=O)NC2)cnn1C. The van der Waals surface area contributed by atoms with Gasteiger partial charge in [0.1, 0.15) is 0 Å². The number of nitrogens with zero attached hydrogens (tertiary/aromatic N) is 2. The third kappa shape index (κ3) is 2.69. The van der Waals surface area contributed by atoms with Crippen LogP contribution in [-0.2, 0) is 23.2 Å². The van der Waals surface area contributed by atoms with Gasteiger partial charge >= 0.3 is 0 Å². The van der Waals surface area contributed by atoms with Crippen molar-refractivity contribution in [2.24, 2.45) is 13.0 Å². The van der Waals surface area contributed by atoms with Gasteiger partial charge in [-0.3, -0.25) is 14.3 Å². The van der Waals surface area contributed by atoms with Gasteiger partial charge in [0.25, 0.3) is 0 Å². The minimum atomic E-state index is -0.111. The smallest absolute Gasteiger partial charge is 0.225 e. The van der Waals surface area contributed by atoms with Crippen LogP contribution in [0.25, 0.3) is 0 Å². The maximum absolute atomic E-state index is 11.9. The lowest BCUT2D eigenvalue weighted by molar-refractivity contribution is -0.129. The summed E-state index contributed by atoms with van der Waals surface area (Å²) in [7, 11) is 1.87. The minimum Gasteiger partial charge on any atom is -0.355 e. The van der Waals surface area contributed by atoms with Gasteiger partial charge in [0.05, 0.1) is 12.1 Å². The number of hydrogen-bond acceptors (Lipinski definition) is 3. The lowest BCUT2D eigenvalue weighted by atomic mass is 9.98. The first-order valence-electron chi connectivity index (χ1n) is 6.10. The fourth-order valence-corrected chi connectivity index (χ4v) is 2.00. The Morgan fingerprint density at radius 3 is 3.00 bits per heavy atom. The van der Waals surface area contributed by atoms with Crippen molar-refractivity contribution >= 4 is 11.8 Å². The zero-order valence-electron chi connectivity index (χ0n) is 10.7. The van der Waals surface area contributed by atoms with E-state index in [1.165, 1.54) is 0 Å². The summed E-state index contributed by atoms with van der Waals surface area (Å²) in [5.74, 6) is -0.0833. The van der Waals surface area contributed by atoms with Crippen molar-refractivity contribution in [3.05, 3.63) is 17.5 Å². The molecule has 0 aliphatic carbocycles. The van der Waals surface area contributed by atoms with E-state index >= 15 is 0 Å². The zero-order valence-corrected chi connectivity index (χ0v) is 10.7.